The highest BCUT2D eigenvalue weighted by atomic mass is 16.5. The van der Waals surface area contributed by atoms with Crippen molar-refractivity contribution in [2.24, 2.45) is 0 Å². The number of carbonyl (C=O) groups is 2. The van der Waals surface area contributed by atoms with Crippen LogP contribution in [0.15, 0.2) is 109 Å². The van der Waals surface area contributed by atoms with Gasteiger partial charge in [0.1, 0.15) is 11.5 Å². The summed E-state index contributed by atoms with van der Waals surface area (Å²) in [5.74, 6) is 0.152. The minimum Gasteiger partial charge on any atom is -0.494 e. The number of hydrogen-bond acceptors (Lipinski definition) is 4. The molecular weight excluding hydrogens is 564 g/mol. The number of aryl methyl sites for hydroxylation is 1. The Morgan fingerprint density at radius 1 is 0.756 bits per heavy atom. The number of amides is 2. The summed E-state index contributed by atoms with van der Waals surface area (Å²) >= 11 is 0. The highest BCUT2D eigenvalue weighted by molar-refractivity contribution is 5.91. The number of anilines is 1. The van der Waals surface area contributed by atoms with E-state index >= 15 is 0 Å². The molecule has 0 saturated heterocycles. The Kier molecular flexibility index (Phi) is 12.4. The molecular formula is C38H44N2O5. The minimum atomic E-state index is -1.41. The normalized spacial score (nSPS) is 12.1. The van der Waals surface area contributed by atoms with Crippen molar-refractivity contribution in [1.82, 2.24) is 5.32 Å². The molecule has 4 aromatic carbocycles. The predicted octanol–water partition coefficient (Wildman–Crippen LogP) is 7.72. The second-order valence-electron chi connectivity index (χ2n) is 11.4. The lowest BCUT2D eigenvalue weighted by atomic mass is 9.96. The number of carboxylic acid groups (broad SMARTS) is 1. The molecule has 0 radical (unpaired) electrons. The molecule has 7 heteroatoms. The third-order valence-electron chi connectivity index (χ3n) is 7.64. The average molecular weight is 609 g/mol. The molecule has 1 atom stereocenters. The largest absolute Gasteiger partial charge is 0.494 e. The quantitative estimate of drug-likeness (QED) is 0.120. The van der Waals surface area contributed by atoms with Crippen LogP contribution in [0.5, 0.6) is 11.5 Å². The molecule has 0 fully saturated rings. The molecule has 7 nitrogen and oxygen atoms in total. The molecule has 4 rings (SSSR count). The number of para-hydroxylation sites is 2. The molecule has 0 heterocycles. The molecule has 0 aliphatic heterocycles. The van der Waals surface area contributed by atoms with Gasteiger partial charge in [0.25, 0.3) is 0 Å². The number of rotatable bonds is 17. The second-order valence-corrected chi connectivity index (χ2v) is 11.4. The monoisotopic (exact) mass is 608 g/mol. The first kappa shape index (κ1) is 33.1. The van der Waals surface area contributed by atoms with E-state index in [9.17, 15) is 14.7 Å². The van der Waals surface area contributed by atoms with Gasteiger partial charge in [-0.05, 0) is 85.7 Å². The Balaban J connectivity index is 1.26. The fraction of sp³-hybridized carbons (Fsp3) is 0.316. The molecule has 0 unspecified atom stereocenters. The lowest BCUT2D eigenvalue weighted by Crippen LogP contribution is -2.43. The van der Waals surface area contributed by atoms with E-state index in [4.69, 9.17) is 9.47 Å². The van der Waals surface area contributed by atoms with Crippen LogP contribution in [-0.4, -0.2) is 42.4 Å². The van der Waals surface area contributed by atoms with Crippen molar-refractivity contribution in [3.05, 3.63) is 126 Å². The first-order valence-electron chi connectivity index (χ1n) is 15.7. The van der Waals surface area contributed by atoms with Gasteiger partial charge in [-0.25, -0.2) is 9.59 Å². The maximum Gasteiger partial charge on any atom is 0.348 e. The highest BCUT2D eigenvalue weighted by Gasteiger charge is 2.36. The number of ether oxygens (including phenoxy) is 2. The zero-order chi connectivity index (χ0) is 31.9. The van der Waals surface area contributed by atoms with Crippen molar-refractivity contribution in [1.29, 1.82) is 0 Å². The van der Waals surface area contributed by atoms with Crippen LogP contribution in [0.4, 0.5) is 10.5 Å². The van der Waals surface area contributed by atoms with E-state index in [0.29, 0.717) is 37.6 Å². The van der Waals surface area contributed by atoms with E-state index in [-0.39, 0.29) is 12.5 Å². The number of unbranched alkanes of at least 4 members (excludes halogenated alkanes) is 1. The summed E-state index contributed by atoms with van der Waals surface area (Å²) in [5, 5.41) is 12.9. The Morgan fingerprint density at radius 3 is 1.98 bits per heavy atom. The zero-order valence-corrected chi connectivity index (χ0v) is 26.3. The maximum atomic E-state index is 13.2. The lowest BCUT2D eigenvalue weighted by Gasteiger charge is -2.26. The van der Waals surface area contributed by atoms with Crippen LogP contribution >= 0.6 is 0 Å². The number of carbonyl (C=O) groups excluding carboxylic acids is 1. The summed E-state index contributed by atoms with van der Waals surface area (Å²) in [7, 11) is 0. The molecule has 45 heavy (non-hydrogen) atoms. The number of aliphatic carboxylic acids is 1. The lowest BCUT2D eigenvalue weighted by molar-refractivity contribution is -0.153. The van der Waals surface area contributed by atoms with Crippen LogP contribution < -0.4 is 19.7 Å². The summed E-state index contributed by atoms with van der Waals surface area (Å²) < 4.78 is 11.8. The summed E-state index contributed by atoms with van der Waals surface area (Å²) in [5.41, 5.74) is 2.80. The van der Waals surface area contributed by atoms with Gasteiger partial charge in [0.15, 0.2) is 0 Å². The second kappa shape index (κ2) is 16.9. The van der Waals surface area contributed by atoms with Crippen LogP contribution in [0.25, 0.3) is 0 Å². The van der Waals surface area contributed by atoms with Crippen molar-refractivity contribution in [2.75, 3.05) is 24.6 Å². The molecule has 0 aliphatic rings. The van der Waals surface area contributed by atoms with Crippen molar-refractivity contribution in [3.63, 3.8) is 0 Å². The summed E-state index contributed by atoms with van der Waals surface area (Å²) in [6.45, 7) is 5.25. The third-order valence-corrected chi connectivity index (χ3v) is 7.64. The van der Waals surface area contributed by atoms with Crippen LogP contribution in [0, 0.1) is 0 Å². The van der Waals surface area contributed by atoms with Gasteiger partial charge < -0.3 is 19.9 Å². The third kappa shape index (κ3) is 10.4. The van der Waals surface area contributed by atoms with Crippen LogP contribution in [0.1, 0.15) is 49.8 Å². The Bertz CT molecular complexity index is 1460. The zero-order valence-electron chi connectivity index (χ0n) is 26.3. The van der Waals surface area contributed by atoms with Gasteiger partial charge in [-0.1, -0.05) is 86.1 Å². The van der Waals surface area contributed by atoms with Crippen LogP contribution in [0.2, 0.25) is 0 Å². The Labute approximate surface area is 266 Å². The number of nitrogens with one attached hydrogen (secondary N) is 1. The SMILES string of the molecule is CCCCc1ccc(CCNC(=O)N(CCCOc2ccc(C[C@@](C)(Oc3ccccc3)C(=O)O)cc2)c2ccccc2)cc1. The van der Waals surface area contributed by atoms with Crippen molar-refractivity contribution < 1.29 is 24.2 Å². The van der Waals surface area contributed by atoms with Gasteiger partial charge in [-0.15, -0.1) is 0 Å². The smallest absolute Gasteiger partial charge is 0.348 e. The number of urea groups is 1. The van der Waals surface area contributed by atoms with Crippen LogP contribution in [0.3, 0.4) is 0 Å². The summed E-state index contributed by atoms with van der Waals surface area (Å²) in [6.07, 6.45) is 5.08. The van der Waals surface area contributed by atoms with Crippen molar-refractivity contribution in [3.8, 4) is 11.5 Å². The first-order valence-corrected chi connectivity index (χ1v) is 15.7. The maximum absolute atomic E-state index is 13.2. The molecule has 4 aromatic rings. The van der Waals surface area contributed by atoms with E-state index in [2.05, 4.69) is 36.5 Å². The van der Waals surface area contributed by atoms with E-state index in [1.807, 2.05) is 72.8 Å². The van der Waals surface area contributed by atoms with E-state index in [1.165, 1.54) is 24.0 Å². The number of nitrogens with zero attached hydrogens (tertiary/aromatic N) is 1. The van der Waals surface area contributed by atoms with Gasteiger partial charge in [-0.2, -0.15) is 0 Å². The number of hydrogen-bond donors (Lipinski definition) is 2. The fourth-order valence-corrected chi connectivity index (χ4v) is 5.03. The Morgan fingerprint density at radius 2 is 1.36 bits per heavy atom. The molecule has 0 aromatic heterocycles. The van der Waals surface area contributed by atoms with E-state index < -0.39 is 11.6 Å². The molecule has 236 valence electrons. The molecule has 2 N–H and O–H groups in total. The first-order chi connectivity index (χ1) is 21.9. The molecule has 0 aliphatic carbocycles. The van der Waals surface area contributed by atoms with Gasteiger partial charge in [0.2, 0.25) is 5.60 Å². The Hall–Kier alpha value is -4.78. The predicted molar refractivity (Wildman–Crippen MR) is 179 cm³/mol. The summed E-state index contributed by atoms with van der Waals surface area (Å²) in [4.78, 5) is 27.0. The van der Waals surface area contributed by atoms with E-state index in [0.717, 1.165) is 24.1 Å². The van der Waals surface area contributed by atoms with Gasteiger partial charge in [0, 0.05) is 25.2 Å². The summed E-state index contributed by atoms with van der Waals surface area (Å²) in [6, 6.07) is 34.5. The molecule has 2 amide bonds. The van der Waals surface area contributed by atoms with E-state index in [1.54, 1.807) is 24.0 Å². The van der Waals surface area contributed by atoms with Gasteiger partial charge in [0.05, 0.1) is 6.61 Å². The van der Waals surface area contributed by atoms with Gasteiger partial charge in [-0.3, -0.25) is 4.90 Å². The molecule has 0 spiro atoms. The minimum absolute atomic E-state index is 0.135. The van der Waals surface area contributed by atoms with Crippen molar-refractivity contribution in [2.45, 2.75) is 58.0 Å². The topological polar surface area (TPSA) is 88.1 Å². The van der Waals surface area contributed by atoms with Gasteiger partial charge >= 0.3 is 12.0 Å². The fourth-order valence-electron chi connectivity index (χ4n) is 5.03. The highest BCUT2D eigenvalue weighted by Crippen LogP contribution is 2.24. The number of benzene rings is 4. The standard InChI is InChI=1S/C38H44N2O5/c1-3-4-12-30-17-19-31(20-18-30)25-26-39-37(43)40(33-13-7-5-8-14-33)27-11-28-44-34-23-21-32(22-24-34)29-38(2,36(41)42)45-35-15-9-6-10-16-35/h5-10,13-24H,3-4,11-12,25-29H2,1-2H3,(H,39,43)(H,41,42)/t38-/m1/s1. The van der Waals surface area contributed by atoms with Crippen molar-refractivity contribution >= 4 is 17.7 Å². The molecule has 0 bridgehead atoms. The van der Waals surface area contributed by atoms with Crippen LogP contribution in [-0.2, 0) is 24.1 Å². The average Bonchev–Trinajstić information content (AvgIpc) is 3.06. The number of carboxylic acids is 1. The molecule has 0 saturated carbocycles.